The molecule has 6 nitrogen and oxygen atoms in total. The monoisotopic (exact) mass is 391 g/mol. The van der Waals surface area contributed by atoms with Crippen LogP contribution in [-0.2, 0) is 9.59 Å². The first-order valence-corrected chi connectivity index (χ1v) is 9.23. The Morgan fingerprint density at radius 3 is 2.64 bits per heavy atom. The smallest absolute Gasteiger partial charge is 0.263 e. The first kappa shape index (κ1) is 17.6. The van der Waals surface area contributed by atoms with Crippen molar-refractivity contribution in [3.63, 3.8) is 0 Å². The van der Waals surface area contributed by atoms with Crippen molar-refractivity contribution in [1.29, 1.82) is 0 Å². The third-order valence-electron chi connectivity index (χ3n) is 3.27. The second kappa shape index (κ2) is 7.34. The Balaban J connectivity index is 1.89. The van der Waals surface area contributed by atoms with Gasteiger partial charge in [0.2, 0.25) is 5.91 Å². The quantitative estimate of drug-likeness (QED) is 0.637. The number of nitrogens with zero attached hydrogens (tertiary/aromatic N) is 2. The lowest BCUT2D eigenvalue weighted by molar-refractivity contribution is -0.116. The van der Waals surface area contributed by atoms with E-state index >= 15 is 0 Å². The molecule has 0 radical (unpaired) electrons. The van der Waals surface area contributed by atoms with Crippen LogP contribution in [-0.4, -0.2) is 28.2 Å². The van der Waals surface area contributed by atoms with Crippen LogP contribution < -0.4 is 15.0 Å². The summed E-state index contributed by atoms with van der Waals surface area (Å²) in [6.45, 7) is 1.47. The van der Waals surface area contributed by atoms with Gasteiger partial charge in [0.25, 0.3) is 5.91 Å². The summed E-state index contributed by atoms with van der Waals surface area (Å²) >= 11 is 7.48. The van der Waals surface area contributed by atoms with Crippen LogP contribution >= 0.6 is 35.3 Å². The van der Waals surface area contributed by atoms with Gasteiger partial charge in [-0.25, -0.2) is 4.98 Å². The number of hydrogen-bond acceptors (Lipinski definition) is 7. The van der Waals surface area contributed by atoms with Crippen LogP contribution in [0.1, 0.15) is 12.6 Å². The van der Waals surface area contributed by atoms with Gasteiger partial charge in [-0.3, -0.25) is 14.5 Å². The number of ether oxygens (including phenoxy) is 1. The lowest BCUT2D eigenvalue weighted by Gasteiger charge is -2.18. The molecule has 0 unspecified atom stereocenters. The molecule has 9 heteroatoms. The van der Waals surface area contributed by atoms with Gasteiger partial charge in [0.15, 0.2) is 5.13 Å². The van der Waals surface area contributed by atoms with Gasteiger partial charge >= 0.3 is 0 Å². The highest BCUT2D eigenvalue weighted by molar-refractivity contribution is 8.26. The SMILES string of the molecule is COc1ccc(N(C(C)=O)c2nc(/C=C3\SC(=S)NC3=O)cs2)cc1. The summed E-state index contributed by atoms with van der Waals surface area (Å²) in [6.07, 6.45) is 1.66. The number of nitrogens with one attached hydrogen (secondary N) is 1. The first-order valence-electron chi connectivity index (χ1n) is 7.13. The van der Waals surface area contributed by atoms with E-state index in [-0.39, 0.29) is 11.8 Å². The van der Waals surface area contributed by atoms with Crippen molar-refractivity contribution in [3.8, 4) is 5.75 Å². The average molecular weight is 391 g/mol. The molecule has 1 aromatic heterocycles. The number of carbonyl (C=O) groups excluding carboxylic acids is 2. The van der Waals surface area contributed by atoms with Crippen LogP contribution in [0.25, 0.3) is 6.08 Å². The molecule has 3 rings (SSSR count). The number of amides is 2. The van der Waals surface area contributed by atoms with Gasteiger partial charge in [0, 0.05) is 12.3 Å². The zero-order valence-corrected chi connectivity index (χ0v) is 15.8. The molecule has 1 N–H and O–H groups in total. The molecule has 1 aliphatic heterocycles. The summed E-state index contributed by atoms with van der Waals surface area (Å²) in [6, 6.07) is 7.14. The number of carbonyl (C=O) groups is 2. The molecule has 0 aliphatic carbocycles. The molecule has 0 saturated carbocycles. The standard InChI is InChI=1S/C16H13N3O3S3/c1-9(20)19(11-3-5-12(22-2)6-4-11)15-17-10(8-24-15)7-13-14(21)18-16(23)25-13/h3-8H,1-2H3,(H,18,21,23)/b13-7-. The van der Waals surface area contributed by atoms with E-state index in [1.54, 1.807) is 42.8 Å². The zero-order chi connectivity index (χ0) is 18.0. The molecule has 0 spiro atoms. The Morgan fingerprint density at radius 1 is 1.36 bits per heavy atom. The molecule has 0 atom stereocenters. The fraction of sp³-hybridized carbons (Fsp3) is 0.125. The number of thiocarbonyl (C=S) groups is 1. The van der Waals surface area contributed by atoms with E-state index in [2.05, 4.69) is 10.3 Å². The lowest BCUT2D eigenvalue weighted by Crippen LogP contribution is -2.22. The normalized spacial score (nSPS) is 15.4. The van der Waals surface area contributed by atoms with Gasteiger partial charge in [-0.1, -0.05) is 24.0 Å². The van der Waals surface area contributed by atoms with E-state index < -0.39 is 0 Å². The predicted octanol–water partition coefficient (Wildman–Crippen LogP) is 3.33. The Hall–Kier alpha value is -2.23. The number of thiazole rings is 1. The summed E-state index contributed by atoms with van der Waals surface area (Å²) in [5.41, 5.74) is 1.29. The van der Waals surface area contributed by atoms with Crippen molar-refractivity contribution in [2.24, 2.45) is 0 Å². The third-order valence-corrected chi connectivity index (χ3v) is 5.27. The highest BCUT2D eigenvalue weighted by atomic mass is 32.2. The molecular weight excluding hydrogens is 378 g/mol. The van der Waals surface area contributed by atoms with Crippen molar-refractivity contribution in [2.75, 3.05) is 12.0 Å². The molecule has 1 aliphatic rings. The summed E-state index contributed by atoms with van der Waals surface area (Å²) < 4.78 is 5.56. The molecule has 128 valence electrons. The summed E-state index contributed by atoms with van der Waals surface area (Å²) in [5.74, 6) is 0.313. The molecule has 2 heterocycles. The second-order valence-electron chi connectivity index (χ2n) is 4.96. The van der Waals surface area contributed by atoms with Crippen molar-refractivity contribution < 1.29 is 14.3 Å². The molecule has 1 aromatic carbocycles. The van der Waals surface area contributed by atoms with Crippen molar-refractivity contribution in [1.82, 2.24) is 10.3 Å². The highest BCUT2D eigenvalue weighted by Gasteiger charge is 2.23. The van der Waals surface area contributed by atoms with Gasteiger partial charge in [-0.15, -0.1) is 11.3 Å². The fourth-order valence-corrected chi connectivity index (χ4v) is 4.03. The predicted molar refractivity (Wildman–Crippen MR) is 104 cm³/mol. The number of hydrogen-bond donors (Lipinski definition) is 1. The van der Waals surface area contributed by atoms with Crippen molar-refractivity contribution in [2.45, 2.75) is 6.92 Å². The van der Waals surface area contributed by atoms with E-state index in [0.29, 0.717) is 31.5 Å². The van der Waals surface area contributed by atoms with Crippen LogP contribution in [0.15, 0.2) is 34.6 Å². The number of anilines is 2. The van der Waals surface area contributed by atoms with Crippen LogP contribution in [0.3, 0.4) is 0 Å². The third kappa shape index (κ3) is 3.89. The van der Waals surface area contributed by atoms with Crippen molar-refractivity contribution >= 4 is 68.3 Å². The van der Waals surface area contributed by atoms with Gasteiger partial charge in [-0.2, -0.15) is 0 Å². The zero-order valence-electron chi connectivity index (χ0n) is 13.3. The minimum Gasteiger partial charge on any atom is -0.497 e. The number of rotatable bonds is 4. The minimum atomic E-state index is -0.233. The number of thioether (sulfide) groups is 1. The van der Waals surface area contributed by atoms with E-state index in [1.807, 2.05) is 0 Å². The largest absolute Gasteiger partial charge is 0.497 e. The molecule has 25 heavy (non-hydrogen) atoms. The highest BCUT2D eigenvalue weighted by Crippen LogP contribution is 2.32. The molecule has 1 saturated heterocycles. The number of benzene rings is 1. The number of aromatic nitrogens is 1. The topological polar surface area (TPSA) is 71.5 Å². The van der Waals surface area contributed by atoms with Gasteiger partial charge in [0.1, 0.15) is 10.1 Å². The molecule has 1 fully saturated rings. The van der Waals surface area contributed by atoms with Crippen molar-refractivity contribution in [3.05, 3.63) is 40.2 Å². The van der Waals surface area contributed by atoms with Crippen LogP contribution in [0.4, 0.5) is 10.8 Å². The Bertz CT molecular complexity index is 874. The summed E-state index contributed by atoms with van der Waals surface area (Å²) in [5, 5.41) is 4.87. The maximum absolute atomic E-state index is 12.1. The Kier molecular flexibility index (Phi) is 5.16. The van der Waals surface area contributed by atoms with Gasteiger partial charge < -0.3 is 10.1 Å². The van der Waals surface area contributed by atoms with E-state index in [1.165, 1.54) is 34.9 Å². The number of methoxy groups -OCH3 is 1. The maximum Gasteiger partial charge on any atom is 0.263 e. The second-order valence-corrected chi connectivity index (χ2v) is 7.52. The summed E-state index contributed by atoms with van der Waals surface area (Å²) in [4.78, 5) is 30.3. The maximum atomic E-state index is 12.1. The minimum absolute atomic E-state index is 0.159. The average Bonchev–Trinajstić information content (AvgIpc) is 3.15. The Morgan fingerprint density at radius 2 is 2.08 bits per heavy atom. The van der Waals surface area contributed by atoms with Gasteiger partial charge in [0.05, 0.1) is 23.4 Å². The van der Waals surface area contributed by atoms with Crippen LogP contribution in [0, 0.1) is 0 Å². The van der Waals surface area contributed by atoms with Gasteiger partial charge in [-0.05, 0) is 30.3 Å². The first-order chi connectivity index (χ1) is 12.0. The van der Waals surface area contributed by atoms with E-state index in [4.69, 9.17) is 17.0 Å². The molecule has 2 amide bonds. The molecule has 2 aromatic rings. The Labute approximate surface area is 157 Å². The summed E-state index contributed by atoms with van der Waals surface area (Å²) in [7, 11) is 1.58. The lowest BCUT2D eigenvalue weighted by atomic mass is 10.3. The molecule has 0 bridgehead atoms. The van der Waals surface area contributed by atoms with E-state index in [0.717, 1.165) is 0 Å². The van der Waals surface area contributed by atoms with E-state index in [9.17, 15) is 9.59 Å². The fourth-order valence-electron chi connectivity index (χ4n) is 2.16. The van der Waals surface area contributed by atoms with Crippen LogP contribution in [0.2, 0.25) is 0 Å². The molecular formula is C16H13N3O3S3. The van der Waals surface area contributed by atoms with Crippen LogP contribution in [0.5, 0.6) is 5.75 Å².